The molecule has 2 rings (SSSR count). The van der Waals surface area contributed by atoms with Crippen LogP contribution in [0.25, 0.3) is 0 Å². The van der Waals surface area contributed by atoms with Crippen molar-refractivity contribution in [2.45, 2.75) is 39.7 Å². The first-order chi connectivity index (χ1) is 9.06. The van der Waals surface area contributed by atoms with E-state index in [-0.39, 0.29) is 6.04 Å². The van der Waals surface area contributed by atoms with Crippen LogP contribution in [0.4, 0.5) is 0 Å². The van der Waals surface area contributed by atoms with E-state index in [0.29, 0.717) is 17.7 Å². The summed E-state index contributed by atoms with van der Waals surface area (Å²) in [5.74, 6) is 1.49. The topological polar surface area (TPSA) is 64.9 Å². The van der Waals surface area contributed by atoms with E-state index in [9.17, 15) is 0 Å². The van der Waals surface area contributed by atoms with E-state index in [2.05, 4.69) is 41.4 Å². The van der Waals surface area contributed by atoms with E-state index < -0.39 is 0 Å². The van der Waals surface area contributed by atoms with E-state index >= 15 is 0 Å². The Morgan fingerprint density at radius 2 is 2.00 bits per heavy atom. The molecule has 102 valence electrons. The van der Waals surface area contributed by atoms with Gasteiger partial charge in [0.15, 0.2) is 0 Å². The van der Waals surface area contributed by atoms with E-state index in [1.54, 1.807) is 0 Å². The maximum Gasteiger partial charge on any atom is 0.233 e. The highest BCUT2D eigenvalue weighted by atomic mass is 16.4. The van der Waals surface area contributed by atoms with Crippen molar-refractivity contribution in [3.05, 3.63) is 47.2 Å². The fourth-order valence-corrected chi connectivity index (χ4v) is 1.91. The first kappa shape index (κ1) is 13.7. The van der Waals surface area contributed by atoms with Crippen LogP contribution in [0, 0.1) is 12.8 Å². The van der Waals surface area contributed by atoms with Crippen molar-refractivity contribution in [2.24, 2.45) is 11.7 Å². The summed E-state index contributed by atoms with van der Waals surface area (Å²) < 4.78 is 5.61. The van der Waals surface area contributed by atoms with Crippen molar-refractivity contribution in [2.75, 3.05) is 0 Å². The van der Waals surface area contributed by atoms with Crippen LogP contribution < -0.4 is 5.73 Å². The largest absolute Gasteiger partial charge is 0.424 e. The number of nitrogens with zero attached hydrogens (tertiary/aromatic N) is 2. The van der Waals surface area contributed by atoms with Crippen molar-refractivity contribution in [3.63, 3.8) is 0 Å². The molecule has 0 aliphatic heterocycles. The molecule has 0 saturated heterocycles. The number of hydrogen-bond acceptors (Lipinski definition) is 4. The van der Waals surface area contributed by atoms with E-state index in [1.165, 1.54) is 11.1 Å². The number of aromatic nitrogens is 2. The van der Waals surface area contributed by atoms with Crippen molar-refractivity contribution < 1.29 is 4.42 Å². The molecule has 4 nitrogen and oxygen atoms in total. The zero-order chi connectivity index (χ0) is 13.8. The number of rotatable bonds is 5. The Labute approximate surface area is 114 Å². The van der Waals surface area contributed by atoms with Crippen LogP contribution in [-0.4, -0.2) is 10.2 Å². The Morgan fingerprint density at radius 1 is 1.21 bits per heavy atom. The molecule has 0 spiro atoms. The van der Waals surface area contributed by atoms with Gasteiger partial charge in [-0.05, 0) is 24.8 Å². The van der Waals surface area contributed by atoms with E-state index in [1.807, 2.05) is 13.8 Å². The second-order valence-corrected chi connectivity index (χ2v) is 5.29. The minimum atomic E-state index is -0.180. The van der Waals surface area contributed by atoms with Gasteiger partial charge in [0.1, 0.15) is 0 Å². The van der Waals surface area contributed by atoms with Crippen molar-refractivity contribution >= 4 is 0 Å². The molecule has 2 N–H and O–H groups in total. The molecule has 0 radical (unpaired) electrons. The SMILES string of the molecule is Cc1cccc(CCc2nnc(C(N)C(C)C)o2)c1. The Hall–Kier alpha value is -1.68. The molecule has 19 heavy (non-hydrogen) atoms. The quantitative estimate of drug-likeness (QED) is 0.896. The third kappa shape index (κ3) is 3.64. The van der Waals surface area contributed by atoms with Gasteiger partial charge in [-0.2, -0.15) is 0 Å². The van der Waals surface area contributed by atoms with Crippen LogP contribution >= 0.6 is 0 Å². The van der Waals surface area contributed by atoms with Gasteiger partial charge in [0.25, 0.3) is 0 Å². The summed E-state index contributed by atoms with van der Waals surface area (Å²) in [6.07, 6.45) is 1.65. The zero-order valence-corrected chi connectivity index (χ0v) is 11.8. The number of nitrogens with two attached hydrogens (primary N) is 1. The molecule has 1 aromatic heterocycles. The van der Waals surface area contributed by atoms with Crippen LogP contribution in [0.2, 0.25) is 0 Å². The smallest absolute Gasteiger partial charge is 0.233 e. The van der Waals surface area contributed by atoms with E-state index in [0.717, 1.165) is 12.8 Å². The lowest BCUT2D eigenvalue weighted by Crippen LogP contribution is -2.16. The van der Waals surface area contributed by atoms with Crippen LogP contribution in [0.5, 0.6) is 0 Å². The predicted molar refractivity (Wildman–Crippen MR) is 74.7 cm³/mol. The van der Waals surface area contributed by atoms with Gasteiger partial charge < -0.3 is 10.2 Å². The van der Waals surface area contributed by atoms with Gasteiger partial charge in [-0.3, -0.25) is 0 Å². The highest BCUT2D eigenvalue weighted by molar-refractivity contribution is 5.22. The molecule has 1 unspecified atom stereocenters. The second-order valence-electron chi connectivity index (χ2n) is 5.29. The maximum atomic E-state index is 5.98. The Bertz CT molecular complexity index is 534. The average molecular weight is 259 g/mol. The van der Waals surface area contributed by atoms with Gasteiger partial charge in [-0.25, -0.2) is 0 Å². The fraction of sp³-hybridized carbons (Fsp3) is 0.467. The highest BCUT2D eigenvalue weighted by Crippen LogP contribution is 2.18. The third-order valence-electron chi connectivity index (χ3n) is 3.20. The Balaban J connectivity index is 1.97. The highest BCUT2D eigenvalue weighted by Gasteiger charge is 2.17. The van der Waals surface area contributed by atoms with Gasteiger partial charge in [-0.1, -0.05) is 43.7 Å². The summed E-state index contributed by atoms with van der Waals surface area (Å²) in [5.41, 5.74) is 8.54. The molecule has 0 aliphatic carbocycles. The Kier molecular flexibility index (Phi) is 4.32. The molecule has 0 fully saturated rings. The summed E-state index contributed by atoms with van der Waals surface area (Å²) >= 11 is 0. The normalized spacial score (nSPS) is 12.9. The zero-order valence-electron chi connectivity index (χ0n) is 11.8. The molecule has 0 aliphatic rings. The van der Waals surface area contributed by atoms with Crippen molar-refractivity contribution in [3.8, 4) is 0 Å². The van der Waals surface area contributed by atoms with Crippen molar-refractivity contribution in [1.82, 2.24) is 10.2 Å². The Morgan fingerprint density at radius 3 is 2.68 bits per heavy atom. The van der Waals surface area contributed by atoms with Gasteiger partial charge in [0, 0.05) is 6.42 Å². The minimum absolute atomic E-state index is 0.180. The summed E-state index contributed by atoms with van der Waals surface area (Å²) in [7, 11) is 0. The number of hydrogen-bond donors (Lipinski definition) is 1. The lowest BCUT2D eigenvalue weighted by molar-refractivity contribution is 0.370. The second kappa shape index (κ2) is 5.97. The molecule has 0 amide bonds. The van der Waals surface area contributed by atoms with Gasteiger partial charge in [0.05, 0.1) is 6.04 Å². The monoisotopic (exact) mass is 259 g/mol. The lowest BCUT2D eigenvalue weighted by atomic mass is 10.1. The summed E-state index contributed by atoms with van der Waals surface area (Å²) in [6.45, 7) is 6.18. The fourth-order valence-electron chi connectivity index (χ4n) is 1.91. The minimum Gasteiger partial charge on any atom is -0.424 e. The number of aryl methyl sites for hydroxylation is 3. The first-order valence-electron chi connectivity index (χ1n) is 6.69. The van der Waals surface area contributed by atoms with Crippen molar-refractivity contribution in [1.29, 1.82) is 0 Å². The van der Waals surface area contributed by atoms with Crippen LogP contribution in [0.1, 0.15) is 42.8 Å². The molecule has 4 heteroatoms. The number of benzene rings is 1. The average Bonchev–Trinajstić information content (AvgIpc) is 2.84. The lowest BCUT2D eigenvalue weighted by Gasteiger charge is -2.09. The maximum absolute atomic E-state index is 5.98. The summed E-state index contributed by atoms with van der Waals surface area (Å²) in [6, 6.07) is 8.27. The van der Waals surface area contributed by atoms with Gasteiger partial charge >= 0.3 is 0 Å². The first-order valence-corrected chi connectivity index (χ1v) is 6.69. The molecular weight excluding hydrogens is 238 g/mol. The third-order valence-corrected chi connectivity index (χ3v) is 3.20. The molecular formula is C15H21N3O. The standard InChI is InChI=1S/C15H21N3O/c1-10(2)14(16)15-18-17-13(19-15)8-7-12-6-4-5-11(3)9-12/h4-6,9-10,14H,7-8,16H2,1-3H3. The van der Waals surface area contributed by atoms with Gasteiger partial charge in [0.2, 0.25) is 11.8 Å². The van der Waals surface area contributed by atoms with E-state index in [4.69, 9.17) is 10.2 Å². The van der Waals surface area contributed by atoms with Crippen LogP contribution in [0.15, 0.2) is 28.7 Å². The summed E-state index contributed by atoms with van der Waals surface area (Å²) in [4.78, 5) is 0. The predicted octanol–water partition coefficient (Wildman–Crippen LogP) is 2.82. The van der Waals surface area contributed by atoms with Crippen LogP contribution in [-0.2, 0) is 12.8 Å². The molecule has 0 saturated carbocycles. The van der Waals surface area contributed by atoms with Crippen LogP contribution in [0.3, 0.4) is 0 Å². The molecule has 2 aromatic rings. The molecule has 1 aromatic carbocycles. The van der Waals surface area contributed by atoms with Gasteiger partial charge in [-0.15, -0.1) is 10.2 Å². The summed E-state index contributed by atoms with van der Waals surface area (Å²) in [5, 5.41) is 8.09. The molecule has 1 atom stereocenters. The molecule has 0 bridgehead atoms. The molecule has 1 heterocycles.